The molecule has 3 rings (SSSR count). The fourth-order valence-electron chi connectivity index (χ4n) is 2.51. The van der Waals surface area contributed by atoms with Gasteiger partial charge >= 0.3 is 0 Å². The third-order valence-electron chi connectivity index (χ3n) is 3.83. The molecule has 0 saturated carbocycles. The van der Waals surface area contributed by atoms with Crippen molar-refractivity contribution in [3.63, 3.8) is 0 Å². The first-order valence-corrected chi connectivity index (χ1v) is 7.01. The average molecular weight is 289 g/mol. The maximum Gasteiger partial charge on any atom is 0.247 e. The van der Waals surface area contributed by atoms with Crippen LogP contribution in [-0.4, -0.2) is 30.5 Å². The lowest BCUT2D eigenvalue weighted by Crippen LogP contribution is -2.42. The van der Waals surface area contributed by atoms with Crippen molar-refractivity contribution in [2.75, 3.05) is 20.3 Å². The van der Waals surface area contributed by atoms with Gasteiger partial charge in [0.15, 0.2) is 0 Å². The number of nitrogens with two attached hydrogens (primary N) is 1. The Kier molecular flexibility index (Phi) is 4.01. The van der Waals surface area contributed by atoms with Crippen molar-refractivity contribution in [2.24, 2.45) is 5.73 Å². The predicted molar refractivity (Wildman–Crippen MR) is 75.5 cm³/mol. The summed E-state index contributed by atoms with van der Waals surface area (Å²) in [5.74, 6) is 0.953. The summed E-state index contributed by atoms with van der Waals surface area (Å²) in [6.45, 7) is 1.22. The lowest BCUT2D eigenvalue weighted by molar-refractivity contribution is 0.0400. The highest BCUT2D eigenvalue weighted by atomic mass is 16.5. The van der Waals surface area contributed by atoms with E-state index in [1.165, 1.54) is 0 Å². The number of hydrogen-bond donors (Lipinski definition) is 1. The Labute approximate surface area is 123 Å². The van der Waals surface area contributed by atoms with Gasteiger partial charge in [-0.15, -0.1) is 0 Å². The number of rotatable bonds is 4. The molecule has 2 N–H and O–H groups in total. The number of methoxy groups -OCH3 is 1. The lowest BCUT2D eigenvalue weighted by Gasteiger charge is -2.29. The zero-order valence-electron chi connectivity index (χ0n) is 12.0. The van der Waals surface area contributed by atoms with Gasteiger partial charge in [-0.05, 0) is 18.4 Å². The molecule has 112 valence electrons. The Balaban J connectivity index is 1.86. The summed E-state index contributed by atoms with van der Waals surface area (Å²) in [6.07, 6.45) is 1.00. The topological polar surface area (TPSA) is 83.4 Å². The maximum absolute atomic E-state index is 6.36. The molecule has 1 aliphatic heterocycles. The van der Waals surface area contributed by atoms with Crippen LogP contribution in [-0.2, 0) is 15.0 Å². The average Bonchev–Trinajstić information content (AvgIpc) is 3.00. The minimum absolute atomic E-state index is 0.354. The van der Waals surface area contributed by atoms with E-state index in [9.17, 15) is 0 Å². The fraction of sp³-hybridized carbons (Fsp3) is 0.467. The van der Waals surface area contributed by atoms with Gasteiger partial charge in [0.25, 0.3) is 0 Å². The number of ether oxygens (including phenoxy) is 2. The third-order valence-corrected chi connectivity index (χ3v) is 3.83. The van der Waals surface area contributed by atoms with Crippen molar-refractivity contribution >= 4 is 0 Å². The Morgan fingerprint density at radius 2 is 1.95 bits per heavy atom. The van der Waals surface area contributed by atoms with Crippen LogP contribution in [0.15, 0.2) is 34.9 Å². The highest BCUT2D eigenvalue weighted by molar-refractivity contribution is 5.23. The number of benzene rings is 1. The molecule has 1 saturated heterocycles. The minimum atomic E-state index is -0.599. The highest BCUT2D eigenvalue weighted by Gasteiger charge is 2.36. The number of aromatic nitrogens is 2. The van der Waals surface area contributed by atoms with E-state index in [2.05, 4.69) is 10.1 Å². The number of hydrogen-bond acceptors (Lipinski definition) is 6. The van der Waals surface area contributed by atoms with Crippen LogP contribution in [0.2, 0.25) is 0 Å². The van der Waals surface area contributed by atoms with E-state index >= 15 is 0 Å². The Hall–Kier alpha value is -1.76. The van der Waals surface area contributed by atoms with E-state index in [1.807, 2.05) is 30.3 Å². The molecule has 6 nitrogen and oxygen atoms in total. The highest BCUT2D eigenvalue weighted by Crippen LogP contribution is 2.30. The van der Waals surface area contributed by atoms with Gasteiger partial charge in [-0.3, -0.25) is 0 Å². The molecule has 1 unspecified atom stereocenters. The molecule has 0 aliphatic carbocycles. The monoisotopic (exact) mass is 289 g/mol. The molecule has 2 aromatic rings. The van der Waals surface area contributed by atoms with Gasteiger partial charge in [0.2, 0.25) is 11.7 Å². The SMILES string of the molecule is COC(c1ccccc1)c1noc(C2(N)CCOCC2)n1. The van der Waals surface area contributed by atoms with Crippen LogP contribution < -0.4 is 5.73 Å². The molecule has 1 aromatic carbocycles. The van der Waals surface area contributed by atoms with Crippen LogP contribution >= 0.6 is 0 Å². The number of nitrogens with zero attached hydrogens (tertiary/aromatic N) is 2. The largest absolute Gasteiger partial charge is 0.381 e. The summed E-state index contributed by atoms with van der Waals surface area (Å²) in [5.41, 5.74) is 6.74. The van der Waals surface area contributed by atoms with Crippen LogP contribution in [0.3, 0.4) is 0 Å². The van der Waals surface area contributed by atoms with Crippen molar-refractivity contribution in [3.8, 4) is 0 Å². The summed E-state index contributed by atoms with van der Waals surface area (Å²) >= 11 is 0. The van der Waals surface area contributed by atoms with Crippen LogP contribution in [0.1, 0.15) is 36.2 Å². The first-order valence-electron chi connectivity index (χ1n) is 7.01. The fourth-order valence-corrected chi connectivity index (χ4v) is 2.51. The molecule has 21 heavy (non-hydrogen) atoms. The van der Waals surface area contributed by atoms with Crippen LogP contribution in [0.5, 0.6) is 0 Å². The van der Waals surface area contributed by atoms with Crippen molar-refractivity contribution in [2.45, 2.75) is 24.5 Å². The summed E-state index contributed by atoms with van der Waals surface area (Å²) < 4.78 is 16.2. The van der Waals surface area contributed by atoms with Crippen molar-refractivity contribution in [3.05, 3.63) is 47.6 Å². The van der Waals surface area contributed by atoms with Crippen molar-refractivity contribution in [1.29, 1.82) is 0 Å². The molecule has 6 heteroatoms. The zero-order valence-corrected chi connectivity index (χ0v) is 12.0. The van der Waals surface area contributed by atoms with Crippen LogP contribution in [0.4, 0.5) is 0 Å². The van der Waals surface area contributed by atoms with Gasteiger partial charge < -0.3 is 19.7 Å². The first kappa shape index (κ1) is 14.2. The van der Waals surface area contributed by atoms with Crippen LogP contribution in [0.25, 0.3) is 0 Å². The third kappa shape index (κ3) is 2.83. The summed E-state index contributed by atoms with van der Waals surface area (Å²) in [6, 6.07) is 9.79. The van der Waals surface area contributed by atoms with Gasteiger partial charge in [-0.25, -0.2) is 0 Å². The molecule has 1 aromatic heterocycles. The molecule has 1 atom stereocenters. The Morgan fingerprint density at radius 3 is 2.62 bits per heavy atom. The molecule has 0 amide bonds. The van der Waals surface area contributed by atoms with Gasteiger partial charge in [0.1, 0.15) is 11.6 Å². The molecule has 1 aliphatic rings. The summed E-state index contributed by atoms with van der Waals surface area (Å²) in [5, 5.41) is 4.05. The van der Waals surface area contributed by atoms with E-state index in [4.69, 9.17) is 19.7 Å². The van der Waals surface area contributed by atoms with E-state index in [-0.39, 0.29) is 6.10 Å². The second kappa shape index (κ2) is 5.93. The summed E-state index contributed by atoms with van der Waals surface area (Å²) in [7, 11) is 1.63. The van der Waals surface area contributed by atoms with Gasteiger partial charge in [0, 0.05) is 20.3 Å². The van der Waals surface area contributed by atoms with Gasteiger partial charge in [0.05, 0.1) is 0 Å². The second-order valence-electron chi connectivity index (χ2n) is 5.25. The normalized spacial score (nSPS) is 19.3. The standard InChI is InChI=1S/C15H19N3O3/c1-19-12(11-5-3-2-4-6-11)13-17-14(21-18-13)15(16)7-9-20-10-8-15/h2-6,12H,7-10,16H2,1H3. The molecule has 2 heterocycles. The molecule has 0 radical (unpaired) electrons. The van der Waals surface area contributed by atoms with Crippen molar-refractivity contribution < 1.29 is 14.0 Å². The van der Waals surface area contributed by atoms with Gasteiger partial charge in [-0.1, -0.05) is 35.5 Å². The first-order chi connectivity index (χ1) is 10.2. The lowest BCUT2D eigenvalue weighted by atomic mass is 9.91. The van der Waals surface area contributed by atoms with E-state index in [1.54, 1.807) is 7.11 Å². The van der Waals surface area contributed by atoms with E-state index in [0.717, 1.165) is 5.56 Å². The van der Waals surface area contributed by atoms with Crippen molar-refractivity contribution in [1.82, 2.24) is 10.1 Å². The molecule has 0 spiro atoms. The minimum Gasteiger partial charge on any atom is -0.381 e. The predicted octanol–water partition coefficient (Wildman–Crippen LogP) is 1.77. The summed E-state index contributed by atoms with van der Waals surface area (Å²) in [4.78, 5) is 4.47. The smallest absolute Gasteiger partial charge is 0.247 e. The van der Waals surface area contributed by atoms with E-state index in [0.29, 0.717) is 37.8 Å². The Morgan fingerprint density at radius 1 is 1.24 bits per heavy atom. The quantitative estimate of drug-likeness (QED) is 0.923. The second-order valence-corrected chi connectivity index (χ2v) is 5.25. The zero-order chi connectivity index (χ0) is 14.7. The molecule has 1 fully saturated rings. The molecular formula is C15H19N3O3. The Bertz CT molecular complexity index is 579. The van der Waals surface area contributed by atoms with E-state index < -0.39 is 5.54 Å². The molecule has 0 bridgehead atoms. The van der Waals surface area contributed by atoms with Gasteiger partial charge in [-0.2, -0.15) is 4.98 Å². The molecular weight excluding hydrogens is 270 g/mol. The van der Waals surface area contributed by atoms with Crippen LogP contribution in [0, 0.1) is 0 Å². The maximum atomic E-state index is 6.36.